The molecule has 132 valence electrons. The van der Waals surface area contributed by atoms with Crippen LogP contribution in [0.3, 0.4) is 0 Å². The van der Waals surface area contributed by atoms with E-state index in [1.54, 1.807) is 6.26 Å². The van der Waals surface area contributed by atoms with Crippen LogP contribution in [0.4, 0.5) is 5.69 Å². The highest BCUT2D eigenvalue weighted by atomic mass is 35.5. The van der Waals surface area contributed by atoms with Crippen LogP contribution in [0.1, 0.15) is 31.4 Å². The van der Waals surface area contributed by atoms with Crippen molar-refractivity contribution in [3.05, 3.63) is 53.4 Å². The molecule has 2 aromatic rings. The van der Waals surface area contributed by atoms with Crippen LogP contribution in [-0.4, -0.2) is 28.1 Å². The van der Waals surface area contributed by atoms with Crippen molar-refractivity contribution in [2.24, 2.45) is 0 Å². The summed E-state index contributed by atoms with van der Waals surface area (Å²) in [7, 11) is 0. The number of hydrogen-bond acceptors (Lipinski definition) is 3. The minimum absolute atomic E-state index is 0.428. The molecule has 2 N–H and O–H groups in total. The molecule has 2 unspecified atom stereocenters. The van der Waals surface area contributed by atoms with Gasteiger partial charge in [-0.15, -0.1) is 0 Å². The molecule has 4 nitrogen and oxygen atoms in total. The molecule has 1 aromatic carbocycles. The molecule has 0 radical (unpaired) electrons. The van der Waals surface area contributed by atoms with Crippen molar-refractivity contribution in [2.45, 2.75) is 50.4 Å². The number of fused-ring (bicyclic) bond motifs is 2. The van der Waals surface area contributed by atoms with Crippen LogP contribution in [0.25, 0.3) is 0 Å². The lowest BCUT2D eigenvalue weighted by Crippen LogP contribution is -2.50. The number of rotatable bonds is 4. The number of piperidine rings is 1. The molecule has 4 rings (SSSR count). The van der Waals surface area contributed by atoms with E-state index in [9.17, 15) is 0 Å². The zero-order valence-corrected chi connectivity index (χ0v) is 15.5. The molecule has 0 amide bonds. The van der Waals surface area contributed by atoms with Crippen molar-refractivity contribution in [3.63, 3.8) is 0 Å². The fraction of sp³-hybridized carbons (Fsp3) is 0.421. The van der Waals surface area contributed by atoms with E-state index in [1.165, 1.54) is 12.8 Å². The molecule has 0 saturated carbocycles. The highest BCUT2D eigenvalue weighted by Gasteiger charge is 2.41. The van der Waals surface area contributed by atoms with Gasteiger partial charge in [-0.25, -0.2) is 0 Å². The third-order valence-corrected chi connectivity index (χ3v) is 5.71. The topological polar surface area (TPSA) is 40.4 Å². The molecule has 3 heterocycles. The predicted octanol–water partition coefficient (Wildman–Crippen LogP) is 4.42. The summed E-state index contributed by atoms with van der Waals surface area (Å²) in [5.41, 5.74) is 0.958. The number of nitrogens with one attached hydrogen (secondary N) is 2. The molecule has 2 aliphatic rings. The van der Waals surface area contributed by atoms with Crippen molar-refractivity contribution in [2.75, 3.05) is 5.32 Å². The Bertz CT molecular complexity index is 705. The highest BCUT2D eigenvalue weighted by molar-refractivity contribution is 7.80. The monoisotopic (exact) mass is 375 g/mol. The molecule has 1 aromatic heterocycles. The second-order valence-corrected chi connectivity index (χ2v) is 7.76. The smallest absolute Gasteiger partial charge is 0.170 e. The Hall–Kier alpha value is -1.56. The fourth-order valence-corrected chi connectivity index (χ4v) is 4.53. The Kier molecular flexibility index (Phi) is 4.97. The summed E-state index contributed by atoms with van der Waals surface area (Å²) in [6.07, 6.45) is 6.54. The van der Waals surface area contributed by atoms with Crippen molar-refractivity contribution in [3.8, 4) is 0 Å². The maximum absolute atomic E-state index is 5.92. The maximum Gasteiger partial charge on any atom is 0.170 e. The van der Waals surface area contributed by atoms with Gasteiger partial charge in [0, 0.05) is 28.8 Å². The Balaban J connectivity index is 1.31. The standard InChI is InChI=1S/C19H22ClN3OS/c20-13-3-5-14(6-4-13)21-19(25)22-15-10-16-7-8-17(11-15)23(16)12-18-2-1-9-24-18/h1-6,9,15-17H,7-8,10-12H2,(H2,21,22,25). The van der Waals surface area contributed by atoms with Crippen molar-refractivity contribution in [1.29, 1.82) is 0 Å². The largest absolute Gasteiger partial charge is 0.468 e. The molecule has 0 aliphatic carbocycles. The van der Waals surface area contributed by atoms with Gasteiger partial charge in [0.25, 0.3) is 0 Å². The first-order chi connectivity index (χ1) is 12.2. The number of nitrogens with zero attached hydrogens (tertiary/aromatic N) is 1. The lowest BCUT2D eigenvalue weighted by Gasteiger charge is -2.39. The highest BCUT2D eigenvalue weighted by Crippen LogP contribution is 2.36. The zero-order valence-electron chi connectivity index (χ0n) is 14.0. The van der Waals surface area contributed by atoms with E-state index in [4.69, 9.17) is 28.2 Å². The average molecular weight is 376 g/mol. The van der Waals surface area contributed by atoms with Crippen LogP contribution in [0.2, 0.25) is 5.02 Å². The zero-order chi connectivity index (χ0) is 17.2. The van der Waals surface area contributed by atoms with Gasteiger partial charge in [0.15, 0.2) is 5.11 Å². The molecule has 2 bridgehead atoms. The summed E-state index contributed by atoms with van der Waals surface area (Å²) in [6, 6.07) is 13.3. The van der Waals surface area contributed by atoms with Crippen LogP contribution in [0.15, 0.2) is 47.1 Å². The van der Waals surface area contributed by atoms with Gasteiger partial charge < -0.3 is 15.1 Å². The van der Waals surface area contributed by atoms with Crippen LogP contribution >= 0.6 is 23.8 Å². The molecule has 25 heavy (non-hydrogen) atoms. The molecule has 0 spiro atoms. The van der Waals surface area contributed by atoms with Gasteiger partial charge in [0.05, 0.1) is 12.8 Å². The van der Waals surface area contributed by atoms with Crippen LogP contribution in [0.5, 0.6) is 0 Å². The minimum Gasteiger partial charge on any atom is -0.468 e. The first kappa shape index (κ1) is 16.9. The van der Waals surface area contributed by atoms with Crippen molar-refractivity contribution >= 4 is 34.6 Å². The third-order valence-electron chi connectivity index (χ3n) is 5.24. The molecule has 2 saturated heterocycles. The van der Waals surface area contributed by atoms with E-state index >= 15 is 0 Å². The first-order valence-corrected chi connectivity index (χ1v) is 9.57. The van der Waals surface area contributed by atoms with Gasteiger partial charge in [0.2, 0.25) is 0 Å². The van der Waals surface area contributed by atoms with Crippen LogP contribution in [-0.2, 0) is 6.54 Å². The van der Waals surface area contributed by atoms with E-state index in [-0.39, 0.29) is 0 Å². The summed E-state index contributed by atoms with van der Waals surface area (Å²) in [6.45, 7) is 0.919. The van der Waals surface area contributed by atoms with Gasteiger partial charge in [-0.05, 0) is 74.3 Å². The van der Waals surface area contributed by atoms with Gasteiger partial charge in [-0.1, -0.05) is 11.6 Å². The quantitative estimate of drug-likeness (QED) is 0.774. The van der Waals surface area contributed by atoms with E-state index < -0.39 is 0 Å². The van der Waals surface area contributed by atoms with Gasteiger partial charge >= 0.3 is 0 Å². The molecule has 2 aliphatic heterocycles. The molecule has 2 atom stereocenters. The van der Waals surface area contributed by atoms with Gasteiger partial charge in [0.1, 0.15) is 5.76 Å². The normalized spacial score (nSPS) is 25.7. The molecular weight excluding hydrogens is 354 g/mol. The van der Waals surface area contributed by atoms with E-state index in [1.807, 2.05) is 30.3 Å². The summed E-state index contributed by atoms with van der Waals surface area (Å²) in [5, 5.41) is 8.16. The van der Waals surface area contributed by atoms with E-state index in [0.717, 1.165) is 35.9 Å². The summed E-state index contributed by atoms with van der Waals surface area (Å²) >= 11 is 11.4. The Labute approximate surface area is 158 Å². The fourth-order valence-electron chi connectivity index (χ4n) is 4.12. The predicted molar refractivity (Wildman–Crippen MR) is 105 cm³/mol. The number of hydrogen-bond donors (Lipinski definition) is 2. The van der Waals surface area contributed by atoms with E-state index in [0.29, 0.717) is 23.2 Å². The number of furan rings is 1. The molecular formula is C19H22ClN3OS. The lowest BCUT2D eigenvalue weighted by atomic mass is 9.97. The Morgan fingerprint density at radius 1 is 1.16 bits per heavy atom. The Morgan fingerprint density at radius 3 is 2.52 bits per heavy atom. The second kappa shape index (κ2) is 7.36. The SMILES string of the molecule is S=C(Nc1ccc(Cl)cc1)NC1CC2CCC(C1)N2Cc1ccco1. The van der Waals surface area contributed by atoms with Gasteiger partial charge in [-0.3, -0.25) is 4.90 Å². The number of anilines is 1. The number of thiocarbonyl (C=S) groups is 1. The summed E-state index contributed by atoms with van der Waals surface area (Å²) in [5.74, 6) is 1.06. The third kappa shape index (κ3) is 4.00. The van der Waals surface area contributed by atoms with Crippen molar-refractivity contribution in [1.82, 2.24) is 10.2 Å². The van der Waals surface area contributed by atoms with Crippen LogP contribution in [0, 0.1) is 0 Å². The Morgan fingerprint density at radius 2 is 1.88 bits per heavy atom. The maximum atomic E-state index is 5.92. The summed E-state index contributed by atoms with van der Waals surface area (Å²) in [4.78, 5) is 2.60. The molecule has 2 fully saturated rings. The first-order valence-electron chi connectivity index (χ1n) is 8.78. The lowest BCUT2D eigenvalue weighted by molar-refractivity contribution is 0.106. The molecule has 6 heteroatoms. The van der Waals surface area contributed by atoms with Gasteiger partial charge in [-0.2, -0.15) is 0 Å². The number of halogens is 1. The average Bonchev–Trinajstić information content (AvgIpc) is 3.17. The van der Waals surface area contributed by atoms with Crippen LogP contribution < -0.4 is 10.6 Å². The van der Waals surface area contributed by atoms with Crippen molar-refractivity contribution < 1.29 is 4.42 Å². The summed E-state index contributed by atoms with van der Waals surface area (Å²) < 4.78 is 5.53. The number of benzene rings is 1. The van der Waals surface area contributed by atoms with E-state index in [2.05, 4.69) is 21.6 Å². The second-order valence-electron chi connectivity index (χ2n) is 6.91. The minimum atomic E-state index is 0.428.